The molecule has 126 valence electrons. The molecule has 0 aliphatic carbocycles. The van der Waals surface area contributed by atoms with Crippen LogP contribution in [0.15, 0.2) is 72.8 Å². The van der Waals surface area contributed by atoms with Crippen LogP contribution in [0.3, 0.4) is 0 Å². The van der Waals surface area contributed by atoms with Gasteiger partial charge in [0.1, 0.15) is 11.5 Å². The number of carbonyl (C=O) groups excluding carboxylic acids is 1. The second-order valence-corrected chi connectivity index (χ2v) is 5.71. The average Bonchev–Trinajstić information content (AvgIpc) is 2.91. The minimum Gasteiger partial charge on any atom is -0.508 e. The normalized spacial score (nSPS) is 14.3. The monoisotopic (exact) mass is 354 g/mol. The number of rotatable bonds is 2. The molecule has 0 spiro atoms. The van der Waals surface area contributed by atoms with Crippen molar-refractivity contribution in [2.45, 2.75) is 5.60 Å². The summed E-state index contributed by atoms with van der Waals surface area (Å²) in [5.74, 6) is -0.124. The number of carbonyl (C=O) groups is 1. The zero-order chi connectivity index (χ0) is 16.7. The molecule has 4 rings (SSSR count). The quantitative estimate of drug-likeness (QED) is 0.683. The van der Waals surface area contributed by atoms with Crippen molar-refractivity contribution in [1.29, 1.82) is 0 Å². The summed E-state index contributed by atoms with van der Waals surface area (Å²) in [7, 11) is 0. The van der Waals surface area contributed by atoms with E-state index in [-0.39, 0.29) is 23.9 Å². The highest BCUT2D eigenvalue weighted by Gasteiger charge is 2.48. The average molecular weight is 355 g/mol. The fraction of sp³-hybridized carbons (Fsp3) is 0.0500. The summed E-state index contributed by atoms with van der Waals surface area (Å²) >= 11 is 0. The van der Waals surface area contributed by atoms with E-state index in [4.69, 9.17) is 4.74 Å². The van der Waals surface area contributed by atoms with E-state index in [1.54, 1.807) is 60.7 Å². The molecule has 25 heavy (non-hydrogen) atoms. The minimum absolute atomic E-state index is 0. The molecule has 0 unspecified atom stereocenters. The zero-order valence-corrected chi connectivity index (χ0v) is 13.9. The van der Waals surface area contributed by atoms with Gasteiger partial charge < -0.3 is 14.9 Å². The second kappa shape index (κ2) is 6.15. The first-order valence-electron chi connectivity index (χ1n) is 7.53. The Hall–Kier alpha value is -2.98. The molecule has 5 heteroatoms. The Morgan fingerprint density at radius 3 is 1.72 bits per heavy atom. The van der Waals surface area contributed by atoms with Gasteiger partial charge in [-0.1, -0.05) is 42.5 Å². The number of phenolic OH excluding ortho intramolecular Hbond substituents is 2. The standard InChI is InChI=1S/C20H14O4.ClH/c21-15-9-5-13(6-10-15)20(14-7-11-16(22)12-8-14)18-4-2-1-3-17(18)19(23)24-20;/h1-12,21-22H;1H. The van der Waals surface area contributed by atoms with Crippen LogP contribution in [-0.4, -0.2) is 16.2 Å². The summed E-state index contributed by atoms with van der Waals surface area (Å²) in [5, 5.41) is 19.2. The van der Waals surface area contributed by atoms with Gasteiger partial charge in [0.2, 0.25) is 0 Å². The number of hydrogen-bond donors (Lipinski definition) is 2. The summed E-state index contributed by atoms with van der Waals surface area (Å²) in [5.41, 5.74) is 1.60. The van der Waals surface area contributed by atoms with Crippen LogP contribution in [0.5, 0.6) is 11.5 Å². The van der Waals surface area contributed by atoms with E-state index in [2.05, 4.69) is 0 Å². The van der Waals surface area contributed by atoms with Crippen LogP contribution in [0.2, 0.25) is 0 Å². The van der Waals surface area contributed by atoms with Crippen LogP contribution < -0.4 is 0 Å². The number of halogens is 1. The highest BCUT2D eigenvalue weighted by Crippen LogP contribution is 2.47. The number of fused-ring (bicyclic) bond motifs is 1. The fourth-order valence-corrected chi connectivity index (χ4v) is 3.20. The van der Waals surface area contributed by atoms with E-state index in [1.807, 2.05) is 12.1 Å². The summed E-state index contributed by atoms with van der Waals surface area (Å²) < 4.78 is 5.87. The molecule has 0 bridgehead atoms. The van der Waals surface area contributed by atoms with E-state index in [1.165, 1.54) is 0 Å². The van der Waals surface area contributed by atoms with Gasteiger partial charge in [0, 0.05) is 16.7 Å². The van der Waals surface area contributed by atoms with Gasteiger partial charge in [-0.3, -0.25) is 0 Å². The lowest BCUT2D eigenvalue weighted by Crippen LogP contribution is -2.29. The van der Waals surface area contributed by atoms with Crippen LogP contribution in [0.1, 0.15) is 27.0 Å². The Labute approximate surface area is 150 Å². The predicted octanol–water partition coefficient (Wildman–Crippen LogP) is 3.98. The van der Waals surface area contributed by atoms with E-state index < -0.39 is 11.6 Å². The van der Waals surface area contributed by atoms with Gasteiger partial charge in [-0.25, -0.2) is 4.79 Å². The topological polar surface area (TPSA) is 66.8 Å². The van der Waals surface area contributed by atoms with Crippen molar-refractivity contribution in [3.63, 3.8) is 0 Å². The minimum atomic E-state index is -1.10. The SMILES string of the molecule is Cl.O=C1OC(c2ccc(O)cc2)(c2ccc(O)cc2)c2ccccc21. The molecule has 1 aliphatic rings. The number of cyclic esters (lactones) is 1. The first kappa shape index (κ1) is 16.9. The van der Waals surface area contributed by atoms with Crippen LogP contribution in [0.25, 0.3) is 0 Å². The Bertz CT molecular complexity index is 872. The molecule has 0 radical (unpaired) electrons. The summed E-state index contributed by atoms with van der Waals surface area (Å²) in [6.07, 6.45) is 0. The van der Waals surface area contributed by atoms with Gasteiger partial charge in [0.15, 0.2) is 5.60 Å². The van der Waals surface area contributed by atoms with Crippen LogP contribution >= 0.6 is 12.4 Å². The molecule has 0 saturated heterocycles. The van der Waals surface area contributed by atoms with E-state index in [9.17, 15) is 15.0 Å². The molecule has 0 atom stereocenters. The zero-order valence-electron chi connectivity index (χ0n) is 13.0. The molecule has 0 fully saturated rings. The Morgan fingerprint density at radius 1 is 0.720 bits per heavy atom. The van der Waals surface area contributed by atoms with Gasteiger partial charge in [0.05, 0.1) is 5.56 Å². The summed E-state index contributed by atoms with van der Waals surface area (Å²) in [6.45, 7) is 0. The Kier molecular flexibility index (Phi) is 4.15. The van der Waals surface area contributed by atoms with Crippen LogP contribution in [0, 0.1) is 0 Å². The van der Waals surface area contributed by atoms with E-state index in [0.717, 1.165) is 16.7 Å². The van der Waals surface area contributed by atoms with E-state index in [0.29, 0.717) is 5.56 Å². The summed E-state index contributed by atoms with van der Waals surface area (Å²) in [4.78, 5) is 12.4. The van der Waals surface area contributed by atoms with Gasteiger partial charge >= 0.3 is 5.97 Å². The highest BCUT2D eigenvalue weighted by molar-refractivity contribution is 5.96. The molecule has 1 heterocycles. The van der Waals surface area contributed by atoms with Crippen LogP contribution in [0.4, 0.5) is 0 Å². The molecule has 0 aromatic heterocycles. The highest BCUT2D eigenvalue weighted by atomic mass is 35.5. The maximum Gasteiger partial charge on any atom is 0.340 e. The van der Waals surface area contributed by atoms with Gasteiger partial charge in [-0.2, -0.15) is 0 Å². The lowest BCUT2D eigenvalue weighted by Gasteiger charge is -2.30. The fourth-order valence-electron chi connectivity index (χ4n) is 3.20. The number of benzene rings is 3. The molecule has 2 N–H and O–H groups in total. The molecule has 1 aliphatic heterocycles. The third kappa shape index (κ3) is 2.51. The lowest BCUT2D eigenvalue weighted by molar-refractivity contribution is 0.0251. The first-order valence-corrected chi connectivity index (χ1v) is 7.53. The lowest BCUT2D eigenvalue weighted by atomic mass is 9.80. The van der Waals surface area contributed by atoms with Crippen molar-refractivity contribution >= 4 is 18.4 Å². The predicted molar refractivity (Wildman–Crippen MR) is 95.2 cm³/mol. The number of aromatic hydroxyl groups is 2. The van der Waals surface area contributed by atoms with Crippen molar-refractivity contribution in [2.24, 2.45) is 0 Å². The summed E-state index contributed by atoms with van der Waals surface area (Å²) in [6, 6.07) is 20.4. The van der Waals surface area contributed by atoms with Gasteiger partial charge in [0.25, 0.3) is 0 Å². The molecule has 0 amide bonds. The van der Waals surface area contributed by atoms with Crippen molar-refractivity contribution < 1.29 is 19.7 Å². The number of esters is 1. The Balaban J connectivity index is 0.00000182. The Morgan fingerprint density at radius 2 is 1.20 bits per heavy atom. The van der Waals surface area contributed by atoms with Crippen LogP contribution in [-0.2, 0) is 10.3 Å². The first-order chi connectivity index (χ1) is 11.6. The largest absolute Gasteiger partial charge is 0.508 e. The van der Waals surface area contributed by atoms with E-state index >= 15 is 0 Å². The maximum atomic E-state index is 12.4. The van der Waals surface area contributed by atoms with Crippen molar-refractivity contribution in [3.05, 3.63) is 95.1 Å². The number of hydrogen-bond acceptors (Lipinski definition) is 4. The number of ether oxygens (including phenoxy) is 1. The molecular formula is C20H15ClO4. The molecular weight excluding hydrogens is 340 g/mol. The second-order valence-electron chi connectivity index (χ2n) is 5.71. The number of phenols is 2. The third-order valence-corrected chi connectivity index (χ3v) is 4.32. The van der Waals surface area contributed by atoms with Gasteiger partial charge in [-0.15, -0.1) is 12.4 Å². The maximum absolute atomic E-state index is 12.4. The van der Waals surface area contributed by atoms with Crippen molar-refractivity contribution in [3.8, 4) is 11.5 Å². The molecule has 0 saturated carbocycles. The van der Waals surface area contributed by atoms with Crippen molar-refractivity contribution in [1.82, 2.24) is 0 Å². The smallest absolute Gasteiger partial charge is 0.340 e. The van der Waals surface area contributed by atoms with Gasteiger partial charge in [-0.05, 0) is 30.3 Å². The molecule has 3 aromatic carbocycles. The van der Waals surface area contributed by atoms with Crippen molar-refractivity contribution in [2.75, 3.05) is 0 Å². The molecule has 4 nitrogen and oxygen atoms in total. The third-order valence-electron chi connectivity index (χ3n) is 4.32. The molecule has 3 aromatic rings.